The average molecular weight is 543 g/mol. The number of phenols is 1. The van der Waals surface area contributed by atoms with Crippen molar-refractivity contribution in [1.82, 2.24) is 5.32 Å². The van der Waals surface area contributed by atoms with Crippen molar-refractivity contribution in [3.05, 3.63) is 45.7 Å². The van der Waals surface area contributed by atoms with E-state index in [1.165, 1.54) is 0 Å². The fourth-order valence-electron chi connectivity index (χ4n) is 5.25. The number of anilines is 1. The summed E-state index contributed by atoms with van der Waals surface area (Å²) in [5, 5.41) is 46.7. The Morgan fingerprint density at radius 2 is 1.82 bits per heavy atom. The quantitative estimate of drug-likeness (QED) is 0.160. The van der Waals surface area contributed by atoms with Crippen molar-refractivity contribution in [2.24, 2.45) is 17.6 Å². The standard InChI is InChI=1S/C23H21F4N3O8/c24-10-4-11(30-13(32)5-29-6-22(25,26)27)17(33)15-9(10)2-7-1-8-3-12(31)16(21(28)37)20(36)23(8,38)19(35)14(7)18(15)34/h4,7-8,29,31,33,35,38H,1-3,5-6H2,(H2,28,37)(H,30,32)/t7?,8-,23-/m0/s1. The van der Waals surface area contributed by atoms with E-state index < -0.39 is 112 Å². The monoisotopic (exact) mass is 543 g/mol. The van der Waals surface area contributed by atoms with Crippen molar-refractivity contribution < 1.29 is 57.2 Å². The number of alkyl halides is 3. The van der Waals surface area contributed by atoms with E-state index in [-0.39, 0.29) is 18.4 Å². The SMILES string of the molecule is NC(=O)C1=C(O)C[C@@H]2CC3Cc4c(F)cc(NC(=O)CNCC(F)(F)F)c(O)c4C(=O)C3=C(O)[C@]2(O)C1=O. The molecule has 0 fully saturated rings. The Balaban J connectivity index is 1.71. The van der Waals surface area contributed by atoms with Crippen LogP contribution in [0.1, 0.15) is 28.8 Å². The summed E-state index contributed by atoms with van der Waals surface area (Å²) in [6.45, 7) is -2.36. The summed E-state index contributed by atoms with van der Waals surface area (Å²) in [6.07, 6.45) is -5.55. The van der Waals surface area contributed by atoms with Crippen molar-refractivity contribution in [3.63, 3.8) is 0 Å². The molecule has 0 bridgehead atoms. The van der Waals surface area contributed by atoms with E-state index in [9.17, 15) is 52.8 Å². The van der Waals surface area contributed by atoms with E-state index in [1.54, 1.807) is 0 Å². The predicted octanol–water partition coefficient (Wildman–Crippen LogP) is 0.810. The first-order chi connectivity index (χ1) is 17.6. The molecule has 0 spiro atoms. The summed E-state index contributed by atoms with van der Waals surface area (Å²) in [4.78, 5) is 50.0. The summed E-state index contributed by atoms with van der Waals surface area (Å²) in [6, 6.07) is 0.675. The van der Waals surface area contributed by atoms with E-state index in [0.29, 0.717) is 6.07 Å². The molecule has 3 atom stereocenters. The minimum absolute atomic E-state index is 0.202. The molecule has 8 N–H and O–H groups in total. The molecule has 0 radical (unpaired) electrons. The predicted molar refractivity (Wildman–Crippen MR) is 118 cm³/mol. The number of phenolic OH excluding ortho intramolecular Hbond substituents is 1. The highest BCUT2D eigenvalue weighted by molar-refractivity contribution is 6.24. The lowest BCUT2D eigenvalue weighted by Gasteiger charge is -2.45. The number of halogens is 4. The maximum absolute atomic E-state index is 15.0. The second-order valence-electron chi connectivity index (χ2n) is 9.29. The van der Waals surface area contributed by atoms with Gasteiger partial charge < -0.3 is 36.8 Å². The Labute approximate surface area is 210 Å². The van der Waals surface area contributed by atoms with Gasteiger partial charge in [0, 0.05) is 29.5 Å². The maximum atomic E-state index is 15.0. The highest BCUT2D eigenvalue weighted by atomic mass is 19.4. The normalized spacial score (nSPS) is 25.1. The topological polar surface area (TPSA) is 199 Å². The number of carbonyl (C=O) groups excluding carboxylic acids is 4. The van der Waals surface area contributed by atoms with Crippen LogP contribution in [0, 0.1) is 17.7 Å². The third-order valence-corrected chi connectivity index (χ3v) is 6.89. The Morgan fingerprint density at radius 1 is 1.16 bits per heavy atom. The molecular weight excluding hydrogens is 522 g/mol. The van der Waals surface area contributed by atoms with Crippen LogP contribution in [-0.2, 0) is 20.8 Å². The molecule has 0 saturated heterocycles. The lowest BCUT2D eigenvalue weighted by molar-refractivity contribution is -0.144. The summed E-state index contributed by atoms with van der Waals surface area (Å²) >= 11 is 0. The molecule has 0 saturated carbocycles. The number of Topliss-reactive ketones (excluding diaryl/α,β-unsaturated/α-hetero) is 2. The second-order valence-corrected chi connectivity index (χ2v) is 9.29. The molecule has 3 aliphatic rings. The number of aliphatic hydroxyl groups excluding tert-OH is 2. The van der Waals surface area contributed by atoms with Gasteiger partial charge >= 0.3 is 6.18 Å². The largest absolute Gasteiger partial charge is 0.511 e. The van der Waals surface area contributed by atoms with Gasteiger partial charge in [-0.25, -0.2) is 4.39 Å². The number of benzene rings is 1. The zero-order valence-corrected chi connectivity index (χ0v) is 19.3. The summed E-state index contributed by atoms with van der Waals surface area (Å²) in [7, 11) is 0. The van der Waals surface area contributed by atoms with Gasteiger partial charge in [0.15, 0.2) is 17.1 Å². The number of amides is 2. The fourth-order valence-corrected chi connectivity index (χ4v) is 5.25. The smallest absolute Gasteiger partial charge is 0.401 e. The molecule has 1 aromatic carbocycles. The van der Waals surface area contributed by atoms with Crippen LogP contribution < -0.4 is 16.4 Å². The first-order valence-electron chi connectivity index (χ1n) is 11.2. The van der Waals surface area contributed by atoms with E-state index in [2.05, 4.69) is 0 Å². The molecule has 0 heterocycles. The molecule has 38 heavy (non-hydrogen) atoms. The van der Waals surface area contributed by atoms with Crippen LogP contribution >= 0.6 is 0 Å². The number of allylic oxidation sites excluding steroid dienone is 2. The van der Waals surface area contributed by atoms with Gasteiger partial charge in [-0.2, -0.15) is 13.2 Å². The third-order valence-electron chi connectivity index (χ3n) is 6.89. The number of nitrogens with two attached hydrogens (primary N) is 1. The highest BCUT2D eigenvalue weighted by Gasteiger charge is 2.59. The molecule has 204 valence electrons. The number of hydrogen-bond donors (Lipinski definition) is 7. The molecular formula is C23H21F4N3O8. The van der Waals surface area contributed by atoms with Crippen molar-refractivity contribution >= 4 is 29.1 Å². The van der Waals surface area contributed by atoms with Gasteiger partial charge in [-0.05, 0) is 18.8 Å². The Hall–Kier alpha value is -3.98. The van der Waals surface area contributed by atoms with Crippen LogP contribution in [0.2, 0.25) is 0 Å². The van der Waals surface area contributed by atoms with Gasteiger partial charge in [0.25, 0.3) is 5.91 Å². The molecule has 1 unspecified atom stereocenters. The van der Waals surface area contributed by atoms with Crippen molar-refractivity contribution in [2.75, 3.05) is 18.4 Å². The number of aliphatic hydroxyl groups is 3. The second kappa shape index (κ2) is 9.09. The van der Waals surface area contributed by atoms with Crippen LogP contribution in [0.5, 0.6) is 5.75 Å². The molecule has 1 aromatic rings. The lowest BCUT2D eigenvalue weighted by Crippen LogP contribution is -2.57. The number of nitrogens with one attached hydrogen (secondary N) is 2. The summed E-state index contributed by atoms with van der Waals surface area (Å²) < 4.78 is 51.8. The van der Waals surface area contributed by atoms with Gasteiger partial charge in [0.2, 0.25) is 11.7 Å². The molecule has 4 rings (SSSR count). The van der Waals surface area contributed by atoms with E-state index in [0.717, 1.165) is 0 Å². The van der Waals surface area contributed by atoms with Gasteiger partial charge in [-0.15, -0.1) is 0 Å². The van der Waals surface area contributed by atoms with Crippen LogP contribution in [-0.4, -0.2) is 68.7 Å². The maximum Gasteiger partial charge on any atom is 0.401 e. The molecule has 3 aliphatic carbocycles. The van der Waals surface area contributed by atoms with E-state index >= 15 is 4.39 Å². The molecule has 15 heteroatoms. The fraction of sp³-hybridized carbons (Fsp3) is 0.391. The summed E-state index contributed by atoms with van der Waals surface area (Å²) in [5.74, 6) is -11.1. The van der Waals surface area contributed by atoms with Crippen LogP contribution in [0.15, 0.2) is 28.7 Å². The number of carbonyl (C=O) groups is 4. The lowest BCUT2D eigenvalue weighted by atomic mass is 9.60. The zero-order chi connectivity index (χ0) is 28.3. The number of rotatable bonds is 5. The Bertz CT molecular complexity index is 1350. The van der Waals surface area contributed by atoms with Crippen molar-refractivity contribution in [3.8, 4) is 5.75 Å². The average Bonchev–Trinajstić information content (AvgIpc) is 2.78. The number of aromatic hydroxyl groups is 1. The zero-order valence-electron chi connectivity index (χ0n) is 19.3. The van der Waals surface area contributed by atoms with E-state index in [1.807, 2.05) is 10.6 Å². The Kier molecular flexibility index (Phi) is 6.48. The summed E-state index contributed by atoms with van der Waals surface area (Å²) in [5.41, 5.74) is -0.812. The van der Waals surface area contributed by atoms with Crippen molar-refractivity contribution in [2.45, 2.75) is 31.0 Å². The number of fused-ring (bicyclic) bond motifs is 3. The first kappa shape index (κ1) is 27.1. The van der Waals surface area contributed by atoms with Crippen LogP contribution in [0.25, 0.3) is 0 Å². The van der Waals surface area contributed by atoms with E-state index in [4.69, 9.17) is 5.73 Å². The molecule has 0 aliphatic heterocycles. The van der Waals surface area contributed by atoms with Gasteiger partial charge in [0.1, 0.15) is 22.9 Å². The van der Waals surface area contributed by atoms with Crippen LogP contribution in [0.3, 0.4) is 0 Å². The number of ketones is 2. The number of primary amides is 1. The molecule has 11 nitrogen and oxygen atoms in total. The van der Waals surface area contributed by atoms with Crippen molar-refractivity contribution in [1.29, 1.82) is 0 Å². The highest BCUT2D eigenvalue weighted by Crippen LogP contribution is 2.52. The number of hydrogen-bond acceptors (Lipinski definition) is 9. The molecule has 0 aromatic heterocycles. The molecule has 2 amide bonds. The van der Waals surface area contributed by atoms with Gasteiger partial charge in [-0.3, -0.25) is 19.2 Å². The first-order valence-corrected chi connectivity index (χ1v) is 11.2. The van der Waals surface area contributed by atoms with Gasteiger partial charge in [0.05, 0.1) is 24.3 Å². The van der Waals surface area contributed by atoms with Gasteiger partial charge in [-0.1, -0.05) is 0 Å². The minimum Gasteiger partial charge on any atom is -0.511 e. The Morgan fingerprint density at radius 3 is 2.42 bits per heavy atom. The third kappa shape index (κ3) is 4.26. The van der Waals surface area contributed by atoms with Crippen LogP contribution in [0.4, 0.5) is 23.2 Å². The minimum atomic E-state index is -4.60.